The Hall–Kier alpha value is -1.91. The Morgan fingerprint density at radius 3 is 2.27 bits per heavy atom. The number of nitrogens with one attached hydrogen (secondary N) is 1. The Bertz CT molecular complexity index is 697. The molecule has 1 unspecified atom stereocenters. The minimum atomic E-state index is -0.331. The van der Waals surface area contributed by atoms with Crippen molar-refractivity contribution in [1.29, 1.82) is 0 Å². The molecule has 140 valence electrons. The number of benzene rings is 2. The zero-order valence-electron chi connectivity index (χ0n) is 15.1. The van der Waals surface area contributed by atoms with Gasteiger partial charge in [0.15, 0.2) is 0 Å². The topological polar surface area (TPSA) is 32.3 Å². The smallest absolute Gasteiger partial charge is 0.251 e. The minimum absolute atomic E-state index is 0. The normalized spacial score (nSPS) is 15.8. The van der Waals surface area contributed by atoms with Gasteiger partial charge in [-0.05, 0) is 62.7 Å². The highest BCUT2D eigenvalue weighted by atomic mass is 35.5. The van der Waals surface area contributed by atoms with Gasteiger partial charge in [0.2, 0.25) is 0 Å². The summed E-state index contributed by atoms with van der Waals surface area (Å²) in [5.74, 6) is -0.489. The molecule has 2 aromatic carbocycles. The molecule has 0 saturated carbocycles. The summed E-state index contributed by atoms with van der Waals surface area (Å²) in [5.41, 5.74) is 2.95. The van der Waals surface area contributed by atoms with Crippen LogP contribution in [0.25, 0.3) is 0 Å². The van der Waals surface area contributed by atoms with Crippen molar-refractivity contribution in [1.82, 2.24) is 10.2 Å². The Kier molecular flexibility index (Phi) is 7.61. The molecule has 1 saturated heterocycles. The van der Waals surface area contributed by atoms with Crippen LogP contribution in [0.3, 0.4) is 0 Å². The lowest BCUT2D eigenvalue weighted by atomic mass is 10.0. The SMILES string of the molecule is Cc1ccc(C(CNC(=O)c2ccc(F)cc2)N2CCCCC2)cc1.Cl. The summed E-state index contributed by atoms with van der Waals surface area (Å²) in [6.07, 6.45) is 3.68. The van der Waals surface area contributed by atoms with Crippen LogP contribution < -0.4 is 5.32 Å². The van der Waals surface area contributed by atoms with Gasteiger partial charge in [0.1, 0.15) is 5.82 Å². The molecular formula is C21H26ClFN2O. The Morgan fingerprint density at radius 1 is 1.04 bits per heavy atom. The highest BCUT2D eigenvalue weighted by Gasteiger charge is 2.23. The van der Waals surface area contributed by atoms with Crippen LogP contribution in [-0.4, -0.2) is 30.4 Å². The highest BCUT2D eigenvalue weighted by Crippen LogP contribution is 2.24. The Morgan fingerprint density at radius 2 is 1.65 bits per heavy atom. The first kappa shape index (κ1) is 20.4. The summed E-state index contributed by atoms with van der Waals surface area (Å²) in [5, 5.41) is 3.03. The van der Waals surface area contributed by atoms with Gasteiger partial charge in [-0.2, -0.15) is 0 Å². The third-order valence-electron chi connectivity index (χ3n) is 4.86. The van der Waals surface area contributed by atoms with Crippen molar-refractivity contribution in [2.45, 2.75) is 32.2 Å². The van der Waals surface area contributed by atoms with Crippen molar-refractivity contribution in [3.8, 4) is 0 Å². The number of carbonyl (C=O) groups excluding carboxylic acids is 1. The number of hydrogen-bond donors (Lipinski definition) is 1. The molecule has 1 aliphatic rings. The van der Waals surface area contributed by atoms with Crippen molar-refractivity contribution in [3.63, 3.8) is 0 Å². The van der Waals surface area contributed by atoms with E-state index in [0.29, 0.717) is 12.1 Å². The van der Waals surface area contributed by atoms with E-state index < -0.39 is 0 Å². The molecule has 1 fully saturated rings. The van der Waals surface area contributed by atoms with Crippen LogP contribution in [0.15, 0.2) is 48.5 Å². The van der Waals surface area contributed by atoms with Gasteiger partial charge in [-0.25, -0.2) is 4.39 Å². The van der Waals surface area contributed by atoms with Gasteiger partial charge in [0, 0.05) is 12.1 Å². The first-order valence-corrected chi connectivity index (χ1v) is 8.98. The van der Waals surface area contributed by atoms with Crippen LogP contribution in [0.4, 0.5) is 4.39 Å². The van der Waals surface area contributed by atoms with E-state index >= 15 is 0 Å². The van der Waals surface area contributed by atoms with Gasteiger partial charge < -0.3 is 5.32 Å². The number of nitrogens with zero attached hydrogens (tertiary/aromatic N) is 1. The summed E-state index contributed by atoms with van der Waals surface area (Å²) < 4.78 is 13.0. The predicted molar refractivity (Wildman–Crippen MR) is 105 cm³/mol. The quantitative estimate of drug-likeness (QED) is 0.832. The van der Waals surface area contributed by atoms with Gasteiger partial charge in [0.05, 0.1) is 6.04 Å². The lowest BCUT2D eigenvalue weighted by molar-refractivity contribution is 0.0924. The largest absolute Gasteiger partial charge is 0.350 e. The van der Waals surface area contributed by atoms with E-state index in [1.165, 1.54) is 54.7 Å². The van der Waals surface area contributed by atoms with Gasteiger partial charge in [-0.15, -0.1) is 12.4 Å². The number of aryl methyl sites for hydroxylation is 1. The maximum Gasteiger partial charge on any atom is 0.251 e. The molecular weight excluding hydrogens is 351 g/mol. The second-order valence-corrected chi connectivity index (χ2v) is 6.74. The fraction of sp³-hybridized carbons (Fsp3) is 0.381. The maximum atomic E-state index is 13.0. The molecule has 0 spiro atoms. The van der Waals surface area contributed by atoms with Crippen molar-refractivity contribution in [2.75, 3.05) is 19.6 Å². The zero-order valence-corrected chi connectivity index (χ0v) is 15.9. The summed E-state index contributed by atoms with van der Waals surface area (Å²) in [4.78, 5) is 14.8. The first-order chi connectivity index (χ1) is 12.1. The van der Waals surface area contributed by atoms with E-state index in [2.05, 4.69) is 41.4 Å². The fourth-order valence-electron chi connectivity index (χ4n) is 3.37. The molecule has 2 aromatic rings. The summed E-state index contributed by atoms with van der Waals surface area (Å²) in [6.45, 7) is 4.76. The molecule has 1 aliphatic heterocycles. The van der Waals surface area contributed by atoms with Crippen molar-refractivity contribution in [3.05, 3.63) is 71.0 Å². The Balaban J connectivity index is 0.00000243. The molecule has 3 rings (SSSR count). The van der Waals surface area contributed by atoms with Gasteiger partial charge in [-0.3, -0.25) is 9.69 Å². The predicted octanol–water partition coefficient (Wildman–Crippen LogP) is 4.51. The minimum Gasteiger partial charge on any atom is -0.350 e. The van der Waals surface area contributed by atoms with Crippen LogP contribution in [0, 0.1) is 12.7 Å². The molecule has 1 atom stereocenters. The molecule has 0 radical (unpaired) electrons. The third-order valence-corrected chi connectivity index (χ3v) is 4.86. The van der Waals surface area contributed by atoms with E-state index in [-0.39, 0.29) is 30.2 Å². The molecule has 1 heterocycles. The average Bonchev–Trinajstić information content (AvgIpc) is 2.64. The van der Waals surface area contributed by atoms with Crippen LogP contribution in [-0.2, 0) is 0 Å². The summed E-state index contributed by atoms with van der Waals surface area (Å²) in [7, 11) is 0. The molecule has 1 amide bonds. The van der Waals surface area contributed by atoms with Crippen LogP contribution >= 0.6 is 12.4 Å². The molecule has 0 aliphatic carbocycles. The molecule has 26 heavy (non-hydrogen) atoms. The van der Waals surface area contributed by atoms with E-state index in [1.807, 2.05) is 0 Å². The average molecular weight is 377 g/mol. The van der Waals surface area contributed by atoms with Gasteiger partial charge in [0.25, 0.3) is 5.91 Å². The van der Waals surface area contributed by atoms with Crippen molar-refractivity contribution in [2.24, 2.45) is 0 Å². The molecule has 3 nitrogen and oxygen atoms in total. The third kappa shape index (κ3) is 5.29. The molecule has 0 aromatic heterocycles. The van der Waals surface area contributed by atoms with Crippen LogP contribution in [0.2, 0.25) is 0 Å². The molecule has 0 bridgehead atoms. The summed E-state index contributed by atoms with van der Waals surface area (Å²) in [6, 6.07) is 14.4. The lowest BCUT2D eigenvalue weighted by Gasteiger charge is -2.35. The maximum absolute atomic E-state index is 13.0. The zero-order chi connectivity index (χ0) is 17.6. The standard InChI is InChI=1S/C21H25FN2O.ClH/c1-16-5-7-17(8-6-16)20(24-13-3-2-4-14-24)15-23-21(25)18-9-11-19(22)12-10-18;/h5-12,20H,2-4,13-15H2,1H3,(H,23,25);1H. The number of amides is 1. The second-order valence-electron chi connectivity index (χ2n) is 6.74. The van der Waals surface area contributed by atoms with E-state index in [4.69, 9.17) is 0 Å². The number of likely N-dealkylation sites (tertiary alicyclic amines) is 1. The number of piperidine rings is 1. The second kappa shape index (κ2) is 9.70. The van der Waals surface area contributed by atoms with Crippen molar-refractivity contribution < 1.29 is 9.18 Å². The lowest BCUT2D eigenvalue weighted by Crippen LogP contribution is -2.40. The van der Waals surface area contributed by atoms with Crippen molar-refractivity contribution >= 4 is 18.3 Å². The van der Waals surface area contributed by atoms with Gasteiger partial charge >= 0.3 is 0 Å². The Labute approximate surface area is 161 Å². The monoisotopic (exact) mass is 376 g/mol. The fourth-order valence-corrected chi connectivity index (χ4v) is 3.37. The first-order valence-electron chi connectivity index (χ1n) is 8.98. The molecule has 1 N–H and O–H groups in total. The van der Waals surface area contributed by atoms with Crippen LogP contribution in [0.5, 0.6) is 0 Å². The van der Waals surface area contributed by atoms with E-state index in [9.17, 15) is 9.18 Å². The number of carbonyl (C=O) groups is 1. The van der Waals surface area contributed by atoms with E-state index in [0.717, 1.165) is 13.1 Å². The highest BCUT2D eigenvalue weighted by molar-refractivity contribution is 5.94. The number of halogens is 2. The number of hydrogen-bond acceptors (Lipinski definition) is 2. The van der Waals surface area contributed by atoms with Gasteiger partial charge in [-0.1, -0.05) is 36.2 Å². The van der Waals surface area contributed by atoms with Crippen LogP contribution in [0.1, 0.15) is 46.8 Å². The number of rotatable bonds is 5. The summed E-state index contributed by atoms with van der Waals surface area (Å²) >= 11 is 0. The van der Waals surface area contributed by atoms with E-state index in [1.54, 1.807) is 0 Å². The molecule has 5 heteroatoms.